The van der Waals surface area contributed by atoms with E-state index in [0.29, 0.717) is 0 Å². The molecule has 0 nitrogen and oxygen atoms in total. The Balaban J connectivity index is -0.000000437. The molecule has 32 heavy (non-hydrogen) atoms. The number of benzene rings is 2. The molecular formula is C30H42SiZr-6. The summed E-state index contributed by atoms with van der Waals surface area (Å²) in [6.07, 6.45) is 4.53. The Morgan fingerprint density at radius 3 is 1.22 bits per heavy atom. The van der Waals surface area contributed by atoms with Crippen molar-refractivity contribution in [1.82, 2.24) is 0 Å². The summed E-state index contributed by atoms with van der Waals surface area (Å²) >= 11 is 1.36. The Bertz CT molecular complexity index is 924. The molecule has 4 aromatic carbocycles. The molecule has 0 aromatic heterocycles. The van der Waals surface area contributed by atoms with Gasteiger partial charge in [0.2, 0.25) is 0 Å². The van der Waals surface area contributed by atoms with E-state index < -0.39 is 0 Å². The van der Waals surface area contributed by atoms with Crippen LogP contribution in [-0.4, -0.2) is 6.88 Å². The van der Waals surface area contributed by atoms with Crippen molar-refractivity contribution < 1.29 is 23.3 Å². The van der Waals surface area contributed by atoms with Crippen molar-refractivity contribution >= 4 is 28.4 Å². The first-order valence-corrected chi connectivity index (χ1v) is 14.5. The van der Waals surface area contributed by atoms with Crippen LogP contribution in [0.1, 0.15) is 49.9 Å². The molecule has 0 amide bonds. The van der Waals surface area contributed by atoms with Crippen molar-refractivity contribution in [3.63, 3.8) is 0 Å². The number of hydrogen-bond donors (Lipinski definition) is 0. The SMILES string of the molecule is CCc1cc2c(CC)cccc2[cH-]1.CCc1cc2c(CC)cccc2[cH-]1.[CH3-].[CH3-].[CH3-].[CH3-].[Si]=[Zr]. The van der Waals surface area contributed by atoms with Crippen LogP contribution in [0.4, 0.5) is 0 Å². The first-order valence-electron chi connectivity index (χ1n) is 10.3. The molecule has 2 heteroatoms. The zero-order valence-electron chi connectivity index (χ0n) is 21.6. The third-order valence-electron chi connectivity index (χ3n) is 5.38. The van der Waals surface area contributed by atoms with Gasteiger partial charge in [0.1, 0.15) is 0 Å². The van der Waals surface area contributed by atoms with Crippen molar-refractivity contribution in [2.24, 2.45) is 0 Å². The van der Waals surface area contributed by atoms with Crippen molar-refractivity contribution in [1.29, 1.82) is 0 Å². The van der Waals surface area contributed by atoms with E-state index in [2.05, 4.69) is 95.2 Å². The van der Waals surface area contributed by atoms with Crippen LogP contribution in [0.2, 0.25) is 0 Å². The second-order valence-electron chi connectivity index (χ2n) is 6.98. The molecule has 4 aromatic rings. The summed E-state index contributed by atoms with van der Waals surface area (Å²) < 4.78 is 0. The first kappa shape index (κ1) is 35.4. The summed E-state index contributed by atoms with van der Waals surface area (Å²) in [5.74, 6) is 0. The molecule has 0 bridgehead atoms. The van der Waals surface area contributed by atoms with E-state index in [4.69, 9.17) is 0 Å². The molecule has 0 fully saturated rings. The predicted octanol–water partition coefficient (Wildman–Crippen LogP) is 8.78. The standard InChI is InChI=1S/2C13H15.4CH3.Si.Zr/c2*1-3-10-8-12-7-5-6-11(4-2)13(12)9-10;;;;;;/h2*5-9H,3-4H2,1-2H3;4*1H3;;/q6*-1;;. The van der Waals surface area contributed by atoms with Gasteiger partial charge >= 0.3 is 30.2 Å². The molecule has 0 N–H and O–H groups in total. The minimum atomic E-state index is 0. The van der Waals surface area contributed by atoms with E-state index in [1.807, 2.05) is 0 Å². The molecule has 0 heterocycles. The summed E-state index contributed by atoms with van der Waals surface area (Å²) in [5, 5.41) is 5.69. The number of fused-ring (bicyclic) bond motifs is 2. The third kappa shape index (κ3) is 8.60. The molecule has 4 rings (SSSR count). The van der Waals surface area contributed by atoms with Gasteiger partial charge in [0.25, 0.3) is 0 Å². The molecular weight excluding hydrogens is 480 g/mol. The second-order valence-corrected chi connectivity index (χ2v) is 6.98. The van der Waals surface area contributed by atoms with Crippen LogP contribution in [-0.2, 0) is 49.0 Å². The van der Waals surface area contributed by atoms with Crippen molar-refractivity contribution in [2.75, 3.05) is 0 Å². The van der Waals surface area contributed by atoms with Gasteiger partial charge in [0.05, 0.1) is 0 Å². The molecule has 2 radical (unpaired) electrons. The molecule has 0 spiro atoms. The number of aryl methyl sites for hydroxylation is 4. The average molecular weight is 522 g/mol. The zero-order valence-corrected chi connectivity index (χ0v) is 25.1. The van der Waals surface area contributed by atoms with Gasteiger partial charge in [-0.1, -0.05) is 51.0 Å². The minimum absolute atomic E-state index is 0. The summed E-state index contributed by atoms with van der Waals surface area (Å²) in [6, 6.07) is 22.4. The molecule has 0 saturated carbocycles. The molecule has 0 unspecified atom stereocenters. The predicted molar refractivity (Wildman–Crippen MR) is 148 cm³/mol. The molecule has 176 valence electrons. The van der Waals surface area contributed by atoms with E-state index in [-0.39, 0.29) is 29.7 Å². The maximum atomic E-state index is 3.06. The number of hydrogen-bond acceptors (Lipinski definition) is 0. The van der Waals surface area contributed by atoms with E-state index >= 15 is 0 Å². The Kier molecular flexibility index (Phi) is 20.1. The Morgan fingerprint density at radius 2 is 0.938 bits per heavy atom. The maximum absolute atomic E-state index is 3.06. The monoisotopic (exact) mass is 520 g/mol. The summed E-state index contributed by atoms with van der Waals surface area (Å²) in [7, 11) is 0. The van der Waals surface area contributed by atoms with Gasteiger partial charge < -0.3 is 29.7 Å². The van der Waals surface area contributed by atoms with Crippen LogP contribution in [0.15, 0.2) is 60.7 Å². The summed E-state index contributed by atoms with van der Waals surface area (Å²) in [4.78, 5) is 0. The normalized spacial score (nSPS) is 8.97. The van der Waals surface area contributed by atoms with Gasteiger partial charge in [-0.3, -0.25) is 0 Å². The fourth-order valence-corrected chi connectivity index (χ4v) is 3.75. The van der Waals surface area contributed by atoms with Crippen LogP contribution in [0.25, 0.3) is 21.5 Å². The van der Waals surface area contributed by atoms with E-state index in [9.17, 15) is 0 Å². The quantitative estimate of drug-likeness (QED) is 0.186. The fourth-order valence-electron chi connectivity index (χ4n) is 3.75. The molecule has 0 aliphatic heterocycles. The molecule has 0 aliphatic rings. The van der Waals surface area contributed by atoms with E-state index in [0.717, 1.165) is 25.7 Å². The molecule has 0 atom stereocenters. The third-order valence-corrected chi connectivity index (χ3v) is 5.38. The van der Waals surface area contributed by atoms with Crippen molar-refractivity contribution in [3.05, 3.63) is 113 Å². The average Bonchev–Trinajstić information content (AvgIpc) is 3.38. The van der Waals surface area contributed by atoms with Crippen LogP contribution < -0.4 is 0 Å². The zero-order chi connectivity index (χ0) is 20.5. The summed E-state index contributed by atoms with van der Waals surface area (Å²) in [5.41, 5.74) is 5.85. The Morgan fingerprint density at radius 1 is 0.594 bits per heavy atom. The van der Waals surface area contributed by atoms with Gasteiger partial charge in [-0.25, -0.2) is 0 Å². The van der Waals surface area contributed by atoms with E-state index in [1.54, 1.807) is 0 Å². The topological polar surface area (TPSA) is 0 Å². The molecule has 0 saturated heterocycles. The van der Waals surface area contributed by atoms with Crippen LogP contribution in [0.3, 0.4) is 0 Å². The van der Waals surface area contributed by atoms with Gasteiger partial charge in [-0.15, -0.1) is 69.1 Å². The van der Waals surface area contributed by atoms with Gasteiger partial charge in [-0.2, -0.15) is 12.1 Å². The first-order chi connectivity index (χ1) is 13.7. The second kappa shape index (κ2) is 18.2. The van der Waals surface area contributed by atoms with E-state index in [1.165, 1.54) is 67.1 Å². The van der Waals surface area contributed by atoms with Crippen molar-refractivity contribution in [2.45, 2.75) is 53.4 Å². The van der Waals surface area contributed by atoms with Crippen LogP contribution in [0.5, 0.6) is 0 Å². The van der Waals surface area contributed by atoms with Crippen LogP contribution >= 0.6 is 0 Å². The van der Waals surface area contributed by atoms with Crippen molar-refractivity contribution in [3.8, 4) is 0 Å². The summed E-state index contributed by atoms with van der Waals surface area (Å²) in [6.45, 7) is 11.9. The van der Waals surface area contributed by atoms with Gasteiger partial charge in [0.15, 0.2) is 0 Å². The fraction of sp³-hybridized carbons (Fsp3) is 0.267. The molecule has 0 aliphatic carbocycles. The van der Waals surface area contributed by atoms with Gasteiger partial charge in [0, 0.05) is 0 Å². The van der Waals surface area contributed by atoms with Crippen LogP contribution in [0, 0.1) is 29.7 Å². The van der Waals surface area contributed by atoms with Gasteiger partial charge in [-0.05, 0) is 25.7 Å². The Labute approximate surface area is 216 Å². The number of rotatable bonds is 4. The Hall–Kier alpha value is -1.24.